The summed E-state index contributed by atoms with van der Waals surface area (Å²) in [5, 5.41) is 22.0. The van der Waals surface area contributed by atoms with Gasteiger partial charge in [-0.1, -0.05) is 0 Å². The van der Waals surface area contributed by atoms with E-state index in [0.29, 0.717) is 18.0 Å². The molecule has 0 bridgehead atoms. The Kier molecular flexibility index (Phi) is 2.38. The number of nitrogens with one attached hydrogen (secondary N) is 2. The van der Waals surface area contributed by atoms with Gasteiger partial charge in [-0.2, -0.15) is 9.61 Å². The Labute approximate surface area is 84.7 Å². The van der Waals surface area contributed by atoms with Crippen LogP contribution in [0.1, 0.15) is 6.92 Å². The molecule has 2 rings (SSSR count). The number of anilines is 1. The average molecular weight is 209 g/mol. The van der Waals surface area contributed by atoms with E-state index in [-0.39, 0.29) is 5.69 Å². The Morgan fingerprint density at radius 2 is 2.47 bits per heavy atom. The molecule has 0 saturated carbocycles. The summed E-state index contributed by atoms with van der Waals surface area (Å²) in [5.41, 5.74) is 0.0771. The molecule has 0 aromatic carbocycles. The molecule has 7 nitrogen and oxygen atoms in total. The molecule has 0 aliphatic rings. The van der Waals surface area contributed by atoms with Gasteiger partial charge in [0.1, 0.15) is 5.82 Å². The van der Waals surface area contributed by atoms with Gasteiger partial charge in [-0.05, 0) is 19.1 Å². The second-order valence-corrected chi connectivity index (χ2v) is 3.25. The van der Waals surface area contributed by atoms with Crippen molar-refractivity contribution < 1.29 is 5.11 Å². The van der Waals surface area contributed by atoms with Crippen molar-refractivity contribution >= 4 is 11.5 Å². The van der Waals surface area contributed by atoms with Crippen LogP contribution in [-0.4, -0.2) is 37.6 Å². The van der Waals surface area contributed by atoms with Gasteiger partial charge in [0.05, 0.1) is 6.10 Å². The standard InChI is InChI=1S/C8H11N5O2/c1-5(14)4-9-6-2-3-7-10-11-8(15)13(7)12-6/h2-3,5,14H,4H2,1H3,(H,9,12)(H,11,15). The van der Waals surface area contributed by atoms with Gasteiger partial charge >= 0.3 is 5.69 Å². The summed E-state index contributed by atoms with van der Waals surface area (Å²) in [7, 11) is 0. The van der Waals surface area contributed by atoms with E-state index in [1.54, 1.807) is 19.1 Å². The summed E-state index contributed by atoms with van der Waals surface area (Å²) < 4.78 is 1.16. The third-order valence-corrected chi connectivity index (χ3v) is 1.85. The molecule has 3 N–H and O–H groups in total. The SMILES string of the molecule is CC(O)CNc1ccc2n[nH]c(=O)n2n1. The second kappa shape index (κ2) is 3.70. The van der Waals surface area contributed by atoms with Crippen LogP contribution in [0.3, 0.4) is 0 Å². The van der Waals surface area contributed by atoms with Gasteiger partial charge in [-0.15, -0.1) is 5.10 Å². The number of aromatic nitrogens is 4. The van der Waals surface area contributed by atoms with Gasteiger partial charge < -0.3 is 10.4 Å². The average Bonchev–Trinajstić information content (AvgIpc) is 2.57. The lowest BCUT2D eigenvalue weighted by Crippen LogP contribution is -2.18. The molecule has 0 amide bonds. The van der Waals surface area contributed by atoms with Gasteiger partial charge in [0, 0.05) is 6.54 Å². The summed E-state index contributed by atoms with van der Waals surface area (Å²) in [6.07, 6.45) is -0.469. The first kappa shape index (κ1) is 9.66. The summed E-state index contributed by atoms with van der Waals surface area (Å²) in [4.78, 5) is 11.2. The van der Waals surface area contributed by atoms with Crippen LogP contribution in [0.15, 0.2) is 16.9 Å². The number of H-pyrrole nitrogens is 1. The molecular formula is C8H11N5O2. The van der Waals surface area contributed by atoms with Crippen LogP contribution in [0.5, 0.6) is 0 Å². The molecule has 0 fully saturated rings. The second-order valence-electron chi connectivity index (χ2n) is 3.25. The lowest BCUT2D eigenvalue weighted by molar-refractivity contribution is 0.208. The highest BCUT2D eigenvalue weighted by Gasteiger charge is 2.02. The third-order valence-electron chi connectivity index (χ3n) is 1.85. The van der Waals surface area contributed by atoms with Crippen LogP contribution in [0.2, 0.25) is 0 Å². The normalized spacial score (nSPS) is 12.9. The molecule has 1 unspecified atom stereocenters. The van der Waals surface area contributed by atoms with Crippen LogP contribution >= 0.6 is 0 Å². The molecule has 80 valence electrons. The van der Waals surface area contributed by atoms with Crippen molar-refractivity contribution in [2.45, 2.75) is 13.0 Å². The van der Waals surface area contributed by atoms with E-state index in [1.807, 2.05) is 0 Å². The van der Waals surface area contributed by atoms with E-state index < -0.39 is 6.10 Å². The number of fused-ring (bicyclic) bond motifs is 1. The van der Waals surface area contributed by atoms with E-state index in [1.165, 1.54) is 0 Å². The fourth-order valence-corrected chi connectivity index (χ4v) is 1.15. The van der Waals surface area contributed by atoms with Crippen molar-refractivity contribution in [2.24, 2.45) is 0 Å². The monoisotopic (exact) mass is 209 g/mol. The minimum Gasteiger partial charge on any atom is -0.392 e. The predicted octanol–water partition coefficient (Wildman–Crippen LogP) is -0.790. The number of hydrogen-bond donors (Lipinski definition) is 3. The Bertz CT molecular complexity index is 515. The van der Waals surface area contributed by atoms with Gasteiger partial charge in [-0.25, -0.2) is 9.89 Å². The largest absolute Gasteiger partial charge is 0.392 e. The Morgan fingerprint density at radius 1 is 1.67 bits per heavy atom. The maximum absolute atomic E-state index is 11.2. The molecule has 0 aliphatic carbocycles. The molecule has 15 heavy (non-hydrogen) atoms. The highest BCUT2D eigenvalue weighted by molar-refractivity contribution is 5.42. The van der Waals surface area contributed by atoms with Crippen LogP contribution in [0.25, 0.3) is 5.65 Å². The Morgan fingerprint density at radius 3 is 3.20 bits per heavy atom. The zero-order chi connectivity index (χ0) is 10.8. The third kappa shape index (κ3) is 1.96. The first-order valence-corrected chi connectivity index (χ1v) is 4.53. The summed E-state index contributed by atoms with van der Waals surface area (Å²) in [6.45, 7) is 2.04. The van der Waals surface area contributed by atoms with E-state index in [4.69, 9.17) is 5.11 Å². The molecule has 7 heteroatoms. The number of rotatable bonds is 3. The minimum absolute atomic E-state index is 0.380. The van der Waals surface area contributed by atoms with Crippen LogP contribution in [-0.2, 0) is 0 Å². The first-order valence-electron chi connectivity index (χ1n) is 4.53. The fourth-order valence-electron chi connectivity index (χ4n) is 1.15. The number of aliphatic hydroxyl groups excluding tert-OH is 1. The molecular weight excluding hydrogens is 198 g/mol. The highest BCUT2D eigenvalue weighted by Crippen LogP contribution is 2.02. The van der Waals surface area contributed by atoms with Crippen molar-refractivity contribution in [2.75, 3.05) is 11.9 Å². The number of aliphatic hydroxyl groups is 1. The Balaban J connectivity index is 2.29. The number of aromatic amines is 1. The molecule has 1 atom stereocenters. The zero-order valence-electron chi connectivity index (χ0n) is 8.14. The van der Waals surface area contributed by atoms with Crippen molar-refractivity contribution in [1.82, 2.24) is 19.8 Å². The van der Waals surface area contributed by atoms with Crippen molar-refractivity contribution in [1.29, 1.82) is 0 Å². The molecule has 0 spiro atoms. The smallest absolute Gasteiger partial charge is 0.364 e. The zero-order valence-corrected chi connectivity index (χ0v) is 8.14. The molecule has 2 heterocycles. The first-order chi connectivity index (χ1) is 7.16. The van der Waals surface area contributed by atoms with Crippen LogP contribution in [0, 0.1) is 0 Å². The minimum atomic E-state index is -0.469. The fraction of sp³-hybridized carbons (Fsp3) is 0.375. The quantitative estimate of drug-likeness (QED) is 0.615. The van der Waals surface area contributed by atoms with Gasteiger partial charge in [0.25, 0.3) is 0 Å². The lowest BCUT2D eigenvalue weighted by Gasteiger charge is -2.06. The van der Waals surface area contributed by atoms with Crippen molar-refractivity contribution in [3.63, 3.8) is 0 Å². The Hall–Kier alpha value is -1.89. The number of nitrogens with zero attached hydrogens (tertiary/aromatic N) is 3. The van der Waals surface area contributed by atoms with Gasteiger partial charge in [0.2, 0.25) is 0 Å². The molecule has 0 aliphatic heterocycles. The topological polar surface area (TPSA) is 95.3 Å². The summed E-state index contributed by atoms with van der Waals surface area (Å²) in [5.74, 6) is 0.520. The molecule has 0 radical (unpaired) electrons. The van der Waals surface area contributed by atoms with E-state index in [2.05, 4.69) is 20.6 Å². The molecule has 2 aromatic heterocycles. The lowest BCUT2D eigenvalue weighted by atomic mass is 10.4. The maximum Gasteiger partial charge on any atom is 0.364 e. The predicted molar refractivity (Wildman–Crippen MR) is 53.8 cm³/mol. The van der Waals surface area contributed by atoms with Crippen molar-refractivity contribution in [3.05, 3.63) is 22.6 Å². The molecule has 0 saturated heterocycles. The molecule has 2 aromatic rings. The van der Waals surface area contributed by atoms with E-state index in [9.17, 15) is 4.79 Å². The maximum atomic E-state index is 11.2. The summed E-state index contributed by atoms with van der Waals surface area (Å²) >= 11 is 0. The van der Waals surface area contributed by atoms with Crippen LogP contribution < -0.4 is 11.0 Å². The van der Waals surface area contributed by atoms with Crippen LogP contribution in [0.4, 0.5) is 5.82 Å². The van der Waals surface area contributed by atoms with Crippen molar-refractivity contribution in [3.8, 4) is 0 Å². The van der Waals surface area contributed by atoms with Gasteiger partial charge in [-0.3, -0.25) is 0 Å². The highest BCUT2D eigenvalue weighted by atomic mass is 16.3. The van der Waals surface area contributed by atoms with E-state index in [0.717, 1.165) is 4.52 Å². The summed E-state index contributed by atoms with van der Waals surface area (Å²) in [6, 6.07) is 3.35. The van der Waals surface area contributed by atoms with E-state index >= 15 is 0 Å². The van der Waals surface area contributed by atoms with Gasteiger partial charge in [0.15, 0.2) is 5.65 Å². The number of hydrogen-bond acceptors (Lipinski definition) is 5.